The number of esters is 4. The van der Waals surface area contributed by atoms with E-state index in [2.05, 4.69) is 61.8 Å². The Morgan fingerprint density at radius 1 is 0.632 bits per heavy atom. The highest BCUT2D eigenvalue weighted by molar-refractivity contribution is 6.77. The third-order valence-corrected chi connectivity index (χ3v) is 18.3. The van der Waals surface area contributed by atoms with Gasteiger partial charge in [0.15, 0.2) is 56.1 Å². The highest BCUT2D eigenvalue weighted by Crippen LogP contribution is 2.44. The van der Waals surface area contributed by atoms with Gasteiger partial charge < -0.3 is 42.9 Å². The zero-order chi connectivity index (χ0) is 48.7. The van der Waals surface area contributed by atoms with Crippen molar-refractivity contribution < 1.29 is 61.6 Å². The number of carbonyl (C=O) groups excluding carboxylic acids is 5. The maximum absolute atomic E-state index is 14.0. The fourth-order valence-corrected chi connectivity index (χ4v) is 14.8. The minimum absolute atomic E-state index is 0.0357. The summed E-state index contributed by atoms with van der Waals surface area (Å²) in [6.45, 7) is 14.8. The highest BCUT2D eigenvalue weighted by atomic mass is 28.4. The molecule has 19 heteroatoms. The van der Waals surface area contributed by atoms with Crippen molar-refractivity contribution >= 4 is 55.1 Å². The number of ether oxygens (including phenoxy) is 7. The average molecular weight is 952 g/mol. The van der Waals surface area contributed by atoms with Crippen molar-refractivity contribution in [2.45, 2.75) is 121 Å². The summed E-state index contributed by atoms with van der Waals surface area (Å²) in [6.07, 6.45) is -7.70. The Bertz CT molecular complexity index is 2520. The summed E-state index contributed by atoms with van der Waals surface area (Å²) in [4.78, 5) is 79.8. The van der Waals surface area contributed by atoms with Gasteiger partial charge in [-0.05, 0) is 53.0 Å². The molecule has 5 aromatic rings. The van der Waals surface area contributed by atoms with Crippen molar-refractivity contribution in [1.29, 1.82) is 0 Å². The van der Waals surface area contributed by atoms with Gasteiger partial charge in [-0.3, -0.25) is 19.0 Å². The molecule has 0 spiro atoms. The quantitative estimate of drug-likeness (QED) is 0.0521. The second-order valence-corrected chi connectivity index (χ2v) is 23.0. The van der Waals surface area contributed by atoms with Crippen LogP contribution in [0.3, 0.4) is 0 Å². The molecular formula is C49H57N5O13Si. The van der Waals surface area contributed by atoms with Crippen molar-refractivity contribution in [3.05, 3.63) is 120 Å². The van der Waals surface area contributed by atoms with Crippen LogP contribution in [0.2, 0.25) is 16.6 Å². The van der Waals surface area contributed by atoms with Crippen molar-refractivity contribution in [2.24, 2.45) is 0 Å². The number of nitrogens with zero attached hydrogens (tertiary/aromatic N) is 4. The molecule has 0 radical (unpaired) electrons. The van der Waals surface area contributed by atoms with E-state index in [0.29, 0.717) is 5.56 Å². The monoisotopic (exact) mass is 951 g/mol. The van der Waals surface area contributed by atoms with E-state index in [1.807, 2.05) is 0 Å². The predicted molar refractivity (Wildman–Crippen MR) is 248 cm³/mol. The smallest absolute Gasteiger partial charge is 0.338 e. The van der Waals surface area contributed by atoms with Crippen LogP contribution in [0, 0.1) is 0 Å². The summed E-state index contributed by atoms with van der Waals surface area (Å²) < 4.78 is 52.4. The van der Waals surface area contributed by atoms with Gasteiger partial charge in [0.25, 0.3) is 5.91 Å². The van der Waals surface area contributed by atoms with Gasteiger partial charge in [0.1, 0.15) is 31.2 Å². The number of imidazole rings is 1. The number of benzene rings is 3. The third-order valence-electron chi connectivity index (χ3n) is 12.2. The third kappa shape index (κ3) is 10.8. The molecule has 4 unspecified atom stereocenters. The Hall–Kier alpha value is -6.38. The van der Waals surface area contributed by atoms with Crippen LogP contribution in [0.4, 0.5) is 5.82 Å². The summed E-state index contributed by atoms with van der Waals surface area (Å²) >= 11 is 0. The molecule has 2 saturated heterocycles. The summed E-state index contributed by atoms with van der Waals surface area (Å²) in [5.74, 6) is -3.19. The zero-order valence-electron chi connectivity index (χ0n) is 39.2. The molecule has 8 atom stereocenters. The fourth-order valence-electron chi connectivity index (χ4n) is 9.30. The first-order valence-corrected chi connectivity index (χ1v) is 24.7. The van der Waals surface area contributed by atoms with E-state index in [9.17, 15) is 24.0 Å². The summed E-state index contributed by atoms with van der Waals surface area (Å²) in [7, 11) is -2.53. The molecule has 2 fully saturated rings. The molecule has 2 aliphatic rings. The molecule has 2 aromatic heterocycles. The molecule has 3 aromatic carbocycles. The minimum Gasteiger partial charge on any atom is -0.459 e. The van der Waals surface area contributed by atoms with Gasteiger partial charge in [-0.2, -0.15) is 0 Å². The van der Waals surface area contributed by atoms with Gasteiger partial charge in [0.05, 0.1) is 24.1 Å². The first-order chi connectivity index (χ1) is 32.6. The molecule has 18 nitrogen and oxygen atoms in total. The number of anilines is 1. The van der Waals surface area contributed by atoms with Crippen LogP contribution >= 0.6 is 0 Å². The van der Waals surface area contributed by atoms with E-state index in [1.54, 1.807) is 91.0 Å². The van der Waals surface area contributed by atoms with Crippen LogP contribution in [-0.2, 0) is 47.2 Å². The Balaban J connectivity index is 1.31. The fraction of sp³-hybridized carbons (Fsp3) is 0.429. The SMILES string of the molecule is CC(=O)OC1C(OC(C)=O)[C@@H](CO[Si](C(C)C)(C(C)C)C(C)C)O[C@@H]1OC1C(OC(=O)c2ccccc2)[C@@H](COC(=O)c2ccccc2)O[C@H]1n1cnc2c(NC(=O)c3ccccc3)ncnc21. The number of amides is 1. The molecule has 4 heterocycles. The minimum atomic E-state index is -2.53. The largest absolute Gasteiger partial charge is 0.459 e. The summed E-state index contributed by atoms with van der Waals surface area (Å²) in [5.41, 5.74) is 1.76. The van der Waals surface area contributed by atoms with Crippen LogP contribution in [0.1, 0.15) is 92.7 Å². The van der Waals surface area contributed by atoms with Crippen LogP contribution < -0.4 is 5.32 Å². The molecule has 2 aliphatic heterocycles. The van der Waals surface area contributed by atoms with Crippen LogP contribution in [0.5, 0.6) is 0 Å². The van der Waals surface area contributed by atoms with E-state index in [4.69, 9.17) is 37.6 Å². The number of carbonyl (C=O) groups is 5. The maximum atomic E-state index is 14.0. The van der Waals surface area contributed by atoms with Crippen molar-refractivity contribution in [3.8, 4) is 0 Å². The van der Waals surface area contributed by atoms with Crippen molar-refractivity contribution in [1.82, 2.24) is 19.5 Å². The number of fused-ring (bicyclic) bond motifs is 1. The number of rotatable bonds is 18. The van der Waals surface area contributed by atoms with E-state index >= 15 is 0 Å². The van der Waals surface area contributed by atoms with Crippen LogP contribution in [-0.4, -0.2) is 114 Å². The maximum Gasteiger partial charge on any atom is 0.338 e. The standard InChI is InChI=1S/C49H57N5O13Si/c1-28(2)68(29(3)4,30(5)6)61-25-37-40(62-31(7)55)42(63-32(8)56)49(65-37)67-41-39(66-48(59)35-22-16-11-17-23-35)36(24-60-47(58)34-20-14-10-15-21-34)64-46(41)54-27-52-38-43(50-26-51-44(38)54)53-45(57)33-18-12-9-13-19-33/h9-23,26-30,36-37,39-42,46,49H,24-25H2,1-8H3,(H,50,51,53,57)/t36-,37-,39?,40?,41?,42?,46-,49-/m1/s1. The number of hydrogen-bond donors (Lipinski definition) is 1. The molecule has 0 bridgehead atoms. The number of nitrogens with one attached hydrogen (secondary N) is 1. The molecule has 360 valence electrons. The first-order valence-electron chi connectivity index (χ1n) is 22.6. The molecule has 7 rings (SSSR count). The Labute approximate surface area is 395 Å². The number of hydrogen-bond acceptors (Lipinski definition) is 16. The highest BCUT2D eigenvalue weighted by Gasteiger charge is 2.57. The van der Waals surface area contributed by atoms with Crippen LogP contribution in [0.15, 0.2) is 104 Å². The Kier molecular flexibility index (Phi) is 15.8. The molecule has 0 saturated carbocycles. The lowest BCUT2D eigenvalue weighted by atomic mass is 10.1. The van der Waals surface area contributed by atoms with Gasteiger partial charge in [0.2, 0.25) is 0 Å². The summed E-state index contributed by atoms with van der Waals surface area (Å²) in [6, 6.07) is 25.1. The lowest BCUT2D eigenvalue weighted by Crippen LogP contribution is -2.50. The second kappa shape index (κ2) is 21.7. The Morgan fingerprint density at radius 2 is 1.16 bits per heavy atom. The molecule has 0 aliphatic carbocycles. The zero-order valence-corrected chi connectivity index (χ0v) is 40.2. The van der Waals surface area contributed by atoms with Gasteiger partial charge >= 0.3 is 23.9 Å². The molecule has 1 amide bonds. The van der Waals surface area contributed by atoms with Gasteiger partial charge in [-0.25, -0.2) is 24.5 Å². The van der Waals surface area contributed by atoms with Crippen molar-refractivity contribution in [2.75, 3.05) is 18.5 Å². The Morgan fingerprint density at radius 3 is 1.74 bits per heavy atom. The molecular weight excluding hydrogens is 895 g/mol. The van der Waals surface area contributed by atoms with Crippen LogP contribution in [0.25, 0.3) is 11.2 Å². The lowest BCUT2D eigenvalue weighted by Gasteiger charge is -2.42. The molecule has 68 heavy (non-hydrogen) atoms. The topological polar surface area (TPSA) is 215 Å². The van der Waals surface area contributed by atoms with Gasteiger partial charge in [-0.15, -0.1) is 0 Å². The van der Waals surface area contributed by atoms with Gasteiger partial charge in [0, 0.05) is 19.4 Å². The lowest BCUT2D eigenvalue weighted by molar-refractivity contribution is -0.225. The second-order valence-electron chi connectivity index (χ2n) is 17.6. The van der Waals surface area contributed by atoms with Crippen molar-refractivity contribution in [3.63, 3.8) is 0 Å². The summed E-state index contributed by atoms with van der Waals surface area (Å²) in [5, 5.41) is 2.79. The van der Waals surface area contributed by atoms with E-state index in [1.165, 1.54) is 31.1 Å². The molecule has 1 N–H and O–H groups in total. The normalized spacial score (nSPS) is 22.6. The van der Waals surface area contributed by atoms with E-state index in [0.717, 1.165) is 0 Å². The number of aromatic nitrogens is 4. The first kappa shape index (κ1) is 49.5. The van der Waals surface area contributed by atoms with Gasteiger partial charge in [-0.1, -0.05) is 96.1 Å². The van der Waals surface area contributed by atoms with E-state index in [-0.39, 0.29) is 51.3 Å². The average Bonchev–Trinajstić information content (AvgIpc) is 3.99. The van der Waals surface area contributed by atoms with E-state index < -0.39 is 93.9 Å². The predicted octanol–water partition coefficient (Wildman–Crippen LogP) is 7.22.